The number of piperidine rings is 1. The van der Waals surface area contributed by atoms with E-state index in [2.05, 4.69) is 15.5 Å². The molecule has 1 amide bonds. The van der Waals surface area contributed by atoms with E-state index in [1.807, 2.05) is 0 Å². The second-order valence-electron chi connectivity index (χ2n) is 5.44. The Labute approximate surface area is 96.8 Å². The quantitative estimate of drug-likeness (QED) is 0.612. The van der Waals surface area contributed by atoms with Gasteiger partial charge in [0.1, 0.15) is 0 Å². The molecule has 0 radical (unpaired) electrons. The van der Waals surface area contributed by atoms with Gasteiger partial charge in [0, 0.05) is 24.5 Å². The lowest BCUT2D eigenvalue weighted by atomic mass is 9.86. The highest BCUT2D eigenvalue weighted by Crippen LogP contribution is 2.35. The Bertz CT molecular complexity index is 286. The van der Waals surface area contributed by atoms with Crippen molar-refractivity contribution in [2.45, 2.75) is 43.7 Å². The molecule has 0 bridgehead atoms. The number of rotatable bonds is 0. The molecule has 0 aromatic carbocycles. The van der Waals surface area contributed by atoms with Crippen LogP contribution in [0.4, 0.5) is 0 Å². The minimum Gasteiger partial charge on any atom is -0.354 e. The predicted octanol–water partition coefficient (Wildman–Crippen LogP) is 0.0929. The number of nitrogens with one attached hydrogen (secondary N) is 2. The summed E-state index contributed by atoms with van der Waals surface area (Å²) in [6, 6.07) is 0.514. The van der Waals surface area contributed by atoms with E-state index < -0.39 is 0 Å². The van der Waals surface area contributed by atoms with Crippen LogP contribution in [-0.2, 0) is 4.79 Å². The van der Waals surface area contributed by atoms with Gasteiger partial charge in [-0.05, 0) is 45.3 Å². The summed E-state index contributed by atoms with van der Waals surface area (Å²) in [6.07, 6.45) is 5.57. The molecule has 3 heterocycles. The summed E-state index contributed by atoms with van der Waals surface area (Å²) >= 11 is 0. The van der Waals surface area contributed by atoms with E-state index in [-0.39, 0.29) is 11.4 Å². The van der Waals surface area contributed by atoms with Crippen molar-refractivity contribution in [3.8, 4) is 0 Å². The lowest BCUT2D eigenvalue weighted by Gasteiger charge is -2.46. The third-order valence-corrected chi connectivity index (χ3v) is 4.56. The summed E-state index contributed by atoms with van der Waals surface area (Å²) in [5.74, 6) is 0.257. The van der Waals surface area contributed by atoms with Gasteiger partial charge in [-0.25, -0.2) is 0 Å². The van der Waals surface area contributed by atoms with Crippen molar-refractivity contribution in [2.75, 3.05) is 26.2 Å². The van der Waals surface area contributed by atoms with Crippen molar-refractivity contribution >= 4 is 5.91 Å². The zero-order valence-corrected chi connectivity index (χ0v) is 9.80. The number of amides is 1. The van der Waals surface area contributed by atoms with Gasteiger partial charge in [0.25, 0.3) is 0 Å². The second-order valence-corrected chi connectivity index (χ2v) is 5.44. The van der Waals surface area contributed by atoms with E-state index in [0.717, 1.165) is 26.1 Å². The molecule has 4 heteroatoms. The minimum absolute atomic E-state index is 0.257. The molecule has 16 heavy (non-hydrogen) atoms. The van der Waals surface area contributed by atoms with Crippen molar-refractivity contribution in [3.05, 3.63) is 0 Å². The third-order valence-electron chi connectivity index (χ3n) is 4.56. The lowest BCUT2D eigenvalue weighted by molar-refractivity contribution is -0.121. The molecule has 0 aromatic rings. The minimum atomic E-state index is 0.257. The smallest absolute Gasteiger partial charge is 0.221 e. The van der Waals surface area contributed by atoms with Gasteiger partial charge >= 0.3 is 0 Å². The standard InChI is InChI=1S/C12H21N3O/c16-11-8-10-2-1-7-15(10)12(9-14-11)3-5-13-6-4-12/h10,13H,1-9H2,(H,14,16). The topological polar surface area (TPSA) is 44.4 Å². The molecule has 2 N–H and O–H groups in total. The summed E-state index contributed by atoms with van der Waals surface area (Å²) < 4.78 is 0. The Hall–Kier alpha value is -0.610. The van der Waals surface area contributed by atoms with E-state index in [0.29, 0.717) is 6.04 Å². The van der Waals surface area contributed by atoms with Crippen molar-refractivity contribution < 1.29 is 4.79 Å². The molecule has 3 fully saturated rings. The Morgan fingerprint density at radius 3 is 2.94 bits per heavy atom. The molecule has 90 valence electrons. The van der Waals surface area contributed by atoms with Crippen molar-refractivity contribution in [1.82, 2.24) is 15.5 Å². The van der Waals surface area contributed by atoms with Gasteiger partial charge < -0.3 is 10.6 Å². The van der Waals surface area contributed by atoms with Gasteiger partial charge in [0.2, 0.25) is 5.91 Å². The van der Waals surface area contributed by atoms with E-state index >= 15 is 0 Å². The van der Waals surface area contributed by atoms with Crippen molar-refractivity contribution in [1.29, 1.82) is 0 Å². The number of nitrogens with zero attached hydrogens (tertiary/aromatic N) is 1. The van der Waals surface area contributed by atoms with Crippen LogP contribution in [0.1, 0.15) is 32.1 Å². The molecule has 1 unspecified atom stereocenters. The summed E-state index contributed by atoms with van der Waals surface area (Å²) in [4.78, 5) is 14.3. The second kappa shape index (κ2) is 4.00. The highest BCUT2D eigenvalue weighted by molar-refractivity contribution is 5.77. The first-order valence-electron chi connectivity index (χ1n) is 6.54. The predicted molar refractivity (Wildman–Crippen MR) is 62.2 cm³/mol. The van der Waals surface area contributed by atoms with Crippen molar-refractivity contribution in [2.24, 2.45) is 0 Å². The van der Waals surface area contributed by atoms with E-state index in [9.17, 15) is 4.79 Å². The van der Waals surface area contributed by atoms with E-state index in [1.54, 1.807) is 0 Å². The van der Waals surface area contributed by atoms with Crippen LogP contribution in [0, 0.1) is 0 Å². The Balaban J connectivity index is 1.86. The monoisotopic (exact) mass is 223 g/mol. The normalized spacial score (nSPS) is 34.5. The molecule has 3 rings (SSSR count). The maximum Gasteiger partial charge on any atom is 0.221 e. The highest BCUT2D eigenvalue weighted by Gasteiger charge is 2.45. The van der Waals surface area contributed by atoms with Gasteiger partial charge in [-0.15, -0.1) is 0 Å². The van der Waals surface area contributed by atoms with Crippen LogP contribution in [-0.4, -0.2) is 48.6 Å². The molecular formula is C12H21N3O. The van der Waals surface area contributed by atoms with Gasteiger partial charge in [0.15, 0.2) is 0 Å². The maximum absolute atomic E-state index is 11.7. The fourth-order valence-electron chi connectivity index (χ4n) is 3.68. The summed E-state index contributed by atoms with van der Waals surface area (Å²) in [6.45, 7) is 4.25. The van der Waals surface area contributed by atoms with Gasteiger partial charge in [-0.1, -0.05) is 0 Å². The maximum atomic E-state index is 11.7. The largest absolute Gasteiger partial charge is 0.354 e. The first-order chi connectivity index (χ1) is 7.80. The molecule has 0 aliphatic carbocycles. The fourth-order valence-corrected chi connectivity index (χ4v) is 3.68. The Morgan fingerprint density at radius 1 is 1.31 bits per heavy atom. The number of fused-ring (bicyclic) bond motifs is 2. The van der Waals surface area contributed by atoms with Gasteiger partial charge in [-0.2, -0.15) is 0 Å². The molecule has 4 nitrogen and oxygen atoms in total. The van der Waals surface area contributed by atoms with Crippen LogP contribution in [0.5, 0.6) is 0 Å². The SMILES string of the molecule is O=C1CC2CCCN2C2(CCNCC2)CN1. The summed E-state index contributed by atoms with van der Waals surface area (Å²) in [5, 5.41) is 6.55. The molecule has 3 saturated heterocycles. The van der Waals surface area contributed by atoms with Crippen LogP contribution >= 0.6 is 0 Å². The van der Waals surface area contributed by atoms with Crippen LogP contribution in [0.2, 0.25) is 0 Å². The van der Waals surface area contributed by atoms with Crippen LogP contribution < -0.4 is 10.6 Å². The van der Waals surface area contributed by atoms with E-state index in [1.165, 1.54) is 32.2 Å². The molecular weight excluding hydrogens is 202 g/mol. The van der Waals surface area contributed by atoms with E-state index in [4.69, 9.17) is 0 Å². The van der Waals surface area contributed by atoms with Crippen molar-refractivity contribution in [3.63, 3.8) is 0 Å². The average Bonchev–Trinajstić information content (AvgIpc) is 2.72. The first-order valence-corrected chi connectivity index (χ1v) is 6.54. The molecule has 1 spiro atoms. The van der Waals surface area contributed by atoms with Crippen LogP contribution in [0.15, 0.2) is 0 Å². The summed E-state index contributed by atoms with van der Waals surface area (Å²) in [5.41, 5.74) is 0.262. The number of carbonyl (C=O) groups is 1. The Kier molecular flexibility index (Phi) is 2.64. The number of carbonyl (C=O) groups excluding carboxylic acids is 1. The number of hydrogen-bond donors (Lipinski definition) is 2. The fraction of sp³-hybridized carbons (Fsp3) is 0.917. The zero-order chi connectivity index (χ0) is 11.0. The third kappa shape index (κ3) is 1.64. The lowest BCUT2D eigenvalue weighted by Crippen LogP contribution is -2.59. The Morgan fingerprint density at radius 2 is 2.12 bits per heavy atom. The zero-order valence-electron chi connectivity index (χ0n) is 9.80. The molecule has 3 aliphatic rings. The van der Waals surface area contributed by atoms with Gasteiger partial charge in [0.05, 0.1) is 0 Å². The summed E-state index contributed by atoms with van der Waals surface area (Å²) in [7, 11) is 0. The average molecular weight is 223 g/mol. The van der Waals surface area contributed by atoms with Crippen LogP contribution in [0.3, 0.4) is 0 Å². The van der Waals surface area contributed by atoms with Gasteiger partial charge in [-0.3, -0.25) is 9.69 Å². The molecule has 1 atom stereocenters. The number of hydrogen-bond acceptors (Lipinski definition) is 3. The highest BCUT2D eigenvalue weighted by atomic mass is 16.1. The molecule has 3 aliphatic heterocycles. The first kappa shape index (κ1) is 10.5. The molecule has 0 saturated carbocycles. The van der Waals surface area contributed by atoms with Crippen LogP contribution in [0.25, 0.3) is 0 Å². The molecule has 0 aromatic heterocycles.